The van der Waals surface area contributed by atoms with E-state index in [1.54, 1.807) is 19.0 Å². The Morgan fingerprint density at radius 1 is 1.22 bits per heavy atom. The van der Waals surface area contributed by atoms with Gasteiger partial charge in [0.1, 0.15) is 0 Å². The summed E-state index contributed by atoms with van der Waals surface area (Å²) in [5, 5.41) is 2.55. The van der Waals surface area contributed by atoms with Gasteiger partial charge in [-0.2, -0.15) is 13.2 Å². The van der Waals surface area contributed by atoms with Crippen LogP contribution < -0.4 is 10.2 Å². The maximum atomic E-state index is 12.6. The molecule has 5 nitrogen and oxygen atoms in total. The zero-order valence-electron chi connectivity index (χ0n) is 12.6. The lowest BCUT2D eigenvalue weighted by atomic mass is 10.1. The van der Waals surface area contributed by atoms with Crippen molar-refractivity contribution in [2.45, 2.75) is 12.6 Å². The maximum absolute atomic E-state index is 12.6. The van der Waals surface area contributed by atoms with Gasteiger partial charge in [-0.15, -0.1) is 0 Å². The van der Waals surface area contributed by atoms with Gasteiger partial charge in [-0.25, -0.2) is 9.97 Å². The molecule has 23 heavy (non-hydrogen) atoms. The van der Waals surface area contributed by atoms with E-state index in [4.69, 9.17) is 0 Å². The number of nitrogens with zero attached hydrogens (tertiary/aromatic N) is 3. The molecular formula is C15H15F3N4O. The van der Waals surface area contributed by atoms with Crippen LogP contribution in [-0.4, -0.2) is 30.0 Å². The van der Waals surface area contributed by atoms with Crippen LogP contribution in [-0.2, 0) is 17.4 Å². The van der Waals surface area contributed by atoms with Gasteiger partial charge in [0.15, 0.2) is 0 Å². The van der Waals surface area contributed by atoms with Crippen molar-refractivity contribution in [3.05, 3.63) is 47.8 Å². The maximum Gasteiger partial charge on any atom is 0.416 e. The van der Waals surface area contributed by atoms with Crippen LogP contribution in [0.5, 0.6) is 0 Å². The molecular weight excluding hydrogens is 309 g/mol. The standard InChI is InChI=1S/C15H15F3N4O/c1-22(2)14-19-8-12(9-20-14)21-13(23)7-10-4-3-5-11(6-10)15(16,17)18/h3-6,8-9H,7H2,1-2H3,(H,21,23). The number of benzene rings is 1. The van der Waals surface area contributed by atoms with Gasteiger partial charge in [0.25, 0.3) is 0 Å². The minimum absolute atomic E-state index is 0.167. The molecule has 1 heterocycles. The largest absolute Gasteiger partial charge is 0.416 e. The normalized spacial score (nSPS) is 11.2. The number of halogens is 3. The van der Waals surface area contributed by atoms with E-state index in [0.717, 1.165) is 12.1 Å². The third kappa shape index (κ3) is 4.67. The molecule has 0 atom stereocenters. The quantitative estimate of drug-likeness (QED) is 0.939. The monoisotopic (exact) mass is 324 g/mol. The Morgan fingerprint density at radius 3 is 2.43 bits per heavy atom. The van der Waals surface area contributed by atoms with E-state index in [1.807, 2.05) is 0 Å². The minimum atomic E-state index is -4.43. The summed E-state index contributed by atoms with van der Waals surface area (Å²) >= 11 is 0. The van der Waals surface area contributed by atoms with E-state index < -0.39 is 17.6 Å². The molecule has 2 rings (SSSR count). The van der Waals surface area contributed by atoms with Gasteiger partial charge in [0.05, 0.1) is 30.1 Å². The molecule has 1 N–H and O–H groups in total. The molecule has 8 heteroatoms. The molecule has 0 aliphatic carbocycles. The van der Waals surface area contributed by atoms with Crippen LogP contribution in [0.15, 0.2) is 36.7 Å². The number of amides is 1. The van der Waals surface area contributed by atoms with Crippen molar-refractivity contribution >= 4 is 17.5 Å². The van der Waals surface area contributed by atoms with Crippen LogP contribution in [0.4, 0.5) is 24.8 Å². The fourth-order valence-corrected chi connectivity index (χ4v) is 1.86. The van der Waals surface area contributed by atoms with Crippen LogP contribution >= 0.6 is 0 Å². The van der Waals surface area contributed by atoms with E-state index in [9.17, 15) is 18.0 Å². The first-order chi connectivity index (χ1) is 10.8. The zero-order chi connectivity index (χ0) is 17.0. The number of aromatic nitrogens is 2. The summed E-state index contributed by atoms with van der Waals surface area (Å²) in [6.07, 6.45) is -1.72. The number of carbonyl (C=O) groups is 1. The summed E-state index contributed by atoms with van der Waals surface area (Å²) in [5.74, 6) is 0.0476. The zero-order valence-corrected chi connectivity index (χ0v) is 12.6. The molecule has 0 bridgehead atoms. The van der Waals surface area contributed by atoms with E-state index in [2.05, 4.69) is 15.3 Å². The SMILES string of the molecule is CN(C)c1ncc(NC(=O)Cc2cccc(C(F)(F)F)c2)cn1. The average molecular weight is 324 g/mol. The number of alkyl halides is 3. The second-order valence-electron chi connectivity index (χ2n) is 5.09. The first-order valence-corrected chi connectivity index (χ1v) is 6.71. The number of hydrogen-bond acceptors (Lipinski definition) is 4. The van der Waals surface area contributed by atoms with Gasteiger partial charge in [-0.05, 0) is 11.6 Å². The van der Waals surface area contributed by atoms with Gasteiger partial charge < -0.3 is 10.2 Å². The average Bonchev–Trinajstić information content (AvgIpc) is 2.47. The van der Waals surface area contributed by atoms with Crippen LogP contribution in [0.3, 0.4) is 0 Å². The molecule has 1 aromatic carbocycles. The number of nitrogens with one attached hydrogen (secondary N) is 1. The van der Waals surface area contributed by atoms with Crippen LogP contribution in [0, 0.1) is 0 Å². The molecule has 0 aliphatic heterocycles. The summed E-state index contributed by atoms with van der Waals surface area (Å²) in [6, 6.07) is 4.68. The van der Waals surface area contributed by atoms with Crippen molar-refractivity contribution in [2.75, 3.05) is 24.3 Å². The first-order valence-electron chi connectivity index (χ1n) is 6.71. The van der Waals surface area contributed by atoms with E-state index >= 15 is 0 Å². The molecule has 0 saturated heterocycles. The molecule has 0 aliphatic rings. The smallest absolute Gasteiger partial charge is 0.347 e. The van der Waals surface area contributed by atoms with Crippen molar-refractivity contribution in [2.24, 2.45) is 0 Å². The van der Waals surface area contributed by atoms with Crippen LogP contribution in [0.25, 0.3) is 0 Å². The lowest BCUT2D eigenvalue weighted by Crippen LogP contribution is -2.17. The predicted octanol–water partition coefficient (Wildman–Crippen LogP) is 2.74. The van der Waals surface area contributed by atoms with Crippen LogP contribution in [0.1, 0.15) is 11.1 Å². The number of carbonyl (C=O) groups excluding carboxylic acids is 1. The van der Waals surface area contributed by atoms with E-state index in [-0.39, 0.29) is 12.0 Å². The Bertz CT molecular complexity index is 684. The van der Waals surface area contributed by atoms with Gasteiger partial charge in [-0.1, -0.05) is 18.2 Å². The molecule has 2 aromatic rings. The third-order valence-electron chi connectivity index (χ3n) is 2.94. The minimum Gasteiger partial charge on any atom is -0.347 e. The Kier molecular flexibility index (Phi) is 4.83. The topological polar surface area (TPSA) is 58.1 Å². The lowest BCUT2D eigenvalue weighted by molar-refractivity contribution is -0.137. The predicted molar refractivity (Wildman–Crippen MR) is 80.1 cm³/mol. The molecule has 0 fully saturated rings. The lowest BCUT2D eigenvalue weighted by Gasteiger charge is -2.11. The molecule has 1 amide bonds. The van der Waals surface area contributed by atoms with Gasteiger partial charge in [-0.3, -0.25) is 4.79 Å². The van der Waals surface area contributed by atoms with Crippen molar-refractivity contribution in [3.8, 4) is 0 Å². The second-order valence-corrected chi connectivity index (χ2v) is 5.09. The Morgan fingerprint density at radius 2 is 1.87 bits per heavy atom. The van der Waals surface area contributed by atoms with Crippen LogP contribution in [0.2, 0.25) is 0 Å². The van der Waals surface area contributed by atoms with Crippen molar-refractivity contribution in [1.29, 1.82) is 0 Å². The number of rotatable bonds is 4. The van der Waals surface area contributed by atoms with E-state index in [1.165, 1.54) is 24.5 Å². The molecule has 0 radical (unpaired) electrons. The number of hydrogen-bond donors (Lipinski definition) is 1. The number of anilines is 2. The summed E-state index contributed by atoms with van der Waals surface area (Å²) < 4.78 is 37.9. The summed E-state index contributed by atoms with van der Waals surface area (Å²) in [6.45, 7) is 0. The third-order valence-corrected chi connectivity index (χ3v) is 2.94. The molecule has 1 aromatic heterocycles. The van der Waals surface area contributed by atoms with Gasteiger partial charge in [0.2, 0.25) is 11.9 Å². The fraction of sp³-hybridized carbons (Fsp3) is 0.267. The highest BCUT2D eigenvalue weighted by Gasteiger charge is 2.30. The highest BCUT2D eigenvalue weighted by molar-refractivity contribution is 5.92. The Balaban J connectivity index is 2.02. The molecule has 0 saturated carbocycles. The van der Waals surface area contributed by atoms with Crippen molar-refractivity contribution < 1.29 is 18.0 Å². The van der Waals surface area contributed by atoms with Gasteiger partial charge >= 0.3 is 6.18 Å². The highest BCUT2D eigenvalue weighted by atomic mass is 19.4. The van der Waals surface area contributed by atoms with E-state index in [0.29, 0.717) is 11.6 Å². The first kappa shape index (κ1) is 16.7. The Hall–Kier alpha value is -2.64. The van der Waals surface area contributed by atoms with Gasteiger partial charge in [0, 0.05) is 14.1 Å². The molecule has 0 spiro atoms. The summed E-state index contributed by atoms with van der Waals surface area (Å²) in [5.41, 5.74) is -0.114. The van der Waals surface area contributed by atoms with Crippen molar-refractivity contribution in [1.82, 2.24) is 9.97 Å². The molecule has 122 valence electrons. The summed E-state index contributed by atoms with van der Waals surface area (Å²) in [7, 11) is 3.56. The second kappa shape index (κ2) is 6.64. The fourth-order valence-electron chi connectivity index (χ4n) is 1.86. The van der Waals surface area contributed by atoms with Crippen molar-refractivity contribution in [3.63, 3.8) is 0 Å². The Labute approximate surface area is 131 Å². The highest BCUT2D eigenvalue weighted by Crippen LogP contribution is 2.29. The summed E-state index contributed by atoms with van der Waals surface area (Å²) in [4.78, 5) is 21.7. The molecule has 0 unspecified atom stereocenters.